The molecule has 0 aliphatic heterocycles. The largest absolute Gasteiger partial charge is 0.384 e. The average molecular weight is 318 g/mol. The summed E-state index contributed by atoms with van der Waals surface area (Å²) in [4.78, 5) is 4.56. The van der Waals surface area contributed by atoms with Crippen LogP contribution in [0.1, 0.15) is 12.1 Å². The van der Waals surface area contributed by atoms with Crippen LogP contribution in [0.25, 0.3) is 11.2 Å². The third-order valence-corrected chi connectivity index (χ3v) is 3.62. The topological polar surface area (TPSA) is 82.2 Å². The first-order chi connectivity index (χ1) is 9.16. The fourth-order valence-electron chi connectivity index (χ4n) is 1.93. The number of halogens is 1. The monoisotopic (exact) mass is 317 g/mol. The first-order valence-electron chi connectivity index (χ1n) is 5.81. The number of nitrogens with zero attached hydrogens (tertiary/aromatic N) is 3. The fraction of sp³-hybridized carbons (Fsp3) is 0.0769. The zero-order valence-electron chi connectivity index (χ0n) is 10.0. The lowest BCUT2D eigenvalue weighted by Crippen LogP contribution is -2.02. The number of hydrogen-bond acceptors (Lipinski definition) is 4. The second-order valence-corrected chi connectivity index (χ2v) is 4.98. The molecule has 2 aromatic heterocycles. The molecule has 0 spiro atoms. The van der Waals surface area contributed by atoms with E-state index in [1.807, 2.05) is 18.2 Å². The molecule has 6 heteroatoms. The average Bonchev–Trinajstić information content (AvgIpc) is 2.62. The third kappa shape index (κ3) is 2.04. The maximum atomic E-state index is 6.00. The van der Waals surface area contributed by atoms with Crippen molar-refractivity contribution in [2.24, 2.45) is 0 Å². The van der Waals surface area contributed by atoms with Crippen molar-refractivity contribution < 1.29 is 0 Å². The van der Waals surface area contributed by atoms with E-state index in [4.69, 9.17) is 11.5 Å². The Kier molecular flexibility index (Phi) is 2.87. The summed E-state index contributed by atoms with van der Waals surface area (Å²) in [5, 5.41) is 4.13. The molecule has 0 saturated heterocycles. The van der Waals surface area contributed by atoms with E-state index in [0.717, 1.165) is 17.7 Å². The molecule has 0 bridgehead atoms. The summed E-state index contributed by atoms with van der Waals surface area (Å²) >= 11 is 3.38. The van der Waals surface area contributed by atoms with Crippen LogP contribution in [0.3, 0.4) is 0 Å². The molecule has 2 heterocycles. The number of allylic oxidation sites excluding steroid dienone is 6. The van der Waals surface area contributed by atoms with Gasteiger partial charge in [-0.15, -0.1) is 5.10 Å². The predicted molar refractivity (Wildman–Crippen MR) is 80.4 cm³/mol. The van der Waals surface area contributed by atoms with Crippen LogP contribution in [0.2, 0.25) is 0 Å². The molecule has 3 rings (SSSR count). The molecule has 5 nitrogen and oxygen atoms in total. The van der Waals surface area contributed by atoms with E-state index in [1.165, 1.54) is 4.52 Å². The van der Waals surface area contributed by atoms with Gasteiger partial charge in [0, 0.05) is 11.6 Å². The zero-order valence-corrected chi connectivity index (χ0v) is 11.6. The van der Waals surface area contributed by atoms with Gasteiger partial charge in [0.2, 0.25) is 0 Å². The lowest BCUT2D eigenvalue weighted by molar-refractivity contribution is 0.954. The van der Waals surface area contributed by atoms with Crippen LogP contribution in [0.5, 0.6) is 0 Å². The van der Waals surface area contributed by atoms with Gasteiger partial charge in [-0.2, -0.15) is 4.52 Å². The maximum absolute atomic E-state index is 6.00. The van der Waals surface area contributed by atoms with Crippen molar-refractivity contribution in [1.82, 2.24) is 14.6 Å². The van der Waals surface area contributed by atoms with Crippen molar-refractivity contribution in [3.8, 4) is 0 Å². The van der Waals surface area contributed by atoms with Gasteiger partial charge in [0.05, 0.1) is 5.69 Å². The Balaban J connectivity index is 2.23. The smallest absolute Gasteiger partial charge is 0.174 e. The Morgan fingerprint density at radius 1 is 1.26 bits per heavy atom. The highest BCUT2D eigenvalue weighted by Gasteiger charge is 2.13. The summed E-state index contributed by atoms with van der Waals surface area (Å²) in [6.07, 6.45) is 11.1. The first-order valence-corrected chi connectivity index (χ1v) is 6.60. The van der Waals surface area contributed by atoms with Gasteiger partial charge >= 0.3 is 0 Å². The SMILES string of the molecule is Nc1nn2c(N)cc(C3=CC=CCC=C3)nc2c1Br. The molecule has 0 unspecified atom stereocenters. The lowest BCUT2D eigenvalue weighted by atomic mass is 10.1. The second kappa shape index (κ2) is 4.55. The van der Waals surface area contributed by atoms with Gasteiger partial charge in [0.1, 0.15) is 10.3 Å². The highest BCUT2D eigenvalue weighted by molar-refractivity contribution is 9.10. The van der Waals surface area contributed by atoms with Crippen LogP contribution in [0, 0.1) is 0 Å². The van der Waals surface area contributed by atoms with Gasteiger partial charge in [-0.1, -0.05) is 30.4 Å². The van der Waals surface area contributed by atoms with Crippen molar-refractivity contribution >= 4 is 38.8 Å². The summed E-state index contributed by atoms with van der Waals surface area (Å²) < 4.78 is 2.19. The number of hydrogen-bond donors (Lipinski definition) is 2. The molecule has 19 heavy (non-hydrogen) atoms. The molecule has 0 saturated carbocycles. The number of fused-ring (bicyclic) bond motifs is 1. The van der Waals surface area contributed by atoms with E-state index < -0.39 is 0 Å². The summed E-state index contributed by atoms with van der Waals surface area (Å²) in [5.74, 6) is 0.876. The van der Waals surface area contributed by atoms with Crippen LogP contribution in [0.4, 0.5) is 11.6 Å². The van der Waals surface area contributed by atoms with Crippen molar-refractivity contribution in [2.45, 2.75) is 6.42 Å². The van der Waals surface area contributed by atoms with Gasteiger partial charge in [-0.3, -0.25) is 0 Å². The van der Waals surface area contributed by atoms with Crippen molar-refractivity contribution in [3.63, 3.8) is 0 Å². The highest BCUT2D eigenvalue weighted by Crippen LogP contribution is 2.27. The summed E-state index contributed by atoms with van der Waals surface area (Å²) in [6.45, 7) is 0. The molecule has 1 aliphatic rings. The van der Waals surface area contributed by atoms with E-state index in [-0.39, 0.29) is 0 Å². The minimum atomic E-state index is 0.377. The molecular weight excluding hydrogens is 306 g/mol. The molecule has 0 amide bonds. The van der Waals surface area contributed by atoms with E-state index in [1.54, 1.807) is 6.07 Å². The Morgan fingerprint density at radius 3 is 2.95 bits per heavy atom. The number of nitrogens with two attached hydrogens (primary N) is 2. The molecule has 0 atom stereocenters. The van der Waals surface area contributed by atoms with Gasteiger partial charge in [0.25, 0.3) is 0 Å². The zero-order chi connectivity index (χ0) is 13.4. The number of aromatic nitrogens is 3. The Labute approximate surface area is 118 Å². The second-order valence-electron chi connectivity index (χ2n) is 4.19. The standard InChI is InChI=1S/C13H12BrN5/c14-11-12(16)18-19-10(15)7-9(17-13(11)19)8-5-3-1-2-4-6-8/h1,3-7H,2,15H2,(H2,16,18). The predicted octanol–water partition coefficient (Wildman–Crippen LogP) is 2.56. The number of rotatable bonds is 1. The minimum Gasteiger partial charge on any atom is -0.384 e. The summed E-state index contributed by atoms with van der Waals surface area (Å²) in [5.41, 5.74) is 14.2. The van der Waals surface area contributed by atoms with Crippen LogP contribution >= 0.6 is 15.9 Å². The molecular formula is C13H12BrN5. The Bertz CT molecular complexity index is 739. The molecule has 0 fully saturated rings. The summed E-state index contributed by atoms with van der Waals surface area (Å²) in [7, 11) is 0. The molecule has 2 aromatic rings. The van der Waals surface area contributed by atoms with Crippen LogP contribution < -0.4 is 11.5 Å². The van der Waals surface area contributed by atoms with Crippen LogP contribution in [-0.4, -0.2) is 14.6 Å². The van der Waals surface area contributed by atoms with Gasteiger partial charge in [-0.05, 0) is 22.4 Å². The van der Waals surface area contributed by atoms with Crippen molar-refractivity contribution in [1.29, 1.82) is 0 Å². The number of nitrogen functional groups attached to an aromatic ring is 2. The van der Waals surface area contributed by atoms with E-state index in [2.05, 4.69) is 38.2 Å². The van der Waals surface area contributed by atoms with E-state index in [0.29, 0.717) is 21.8 Å². The molecule has 0 aromatic carbocycles. The number of anilines is 2. The highest BCUT2D eigenvalue weighted by atomic mass is 79.9. The maximum Gasteiger partial charge on any atom is 0.174 e. The van der Waals surface area contributed by atoms with Gasteiger partial charge in [0.15, 0.2) is 11.5 Å². The van der Waals surface area contributed by atoms with E-state index >= 15 is 0 Å². The first kappa shape index (κ1) is 12.0. The third-order valence-electron chi connectivity index (χ3n) is 2.86. The molecule has 96 valence electrons. The van der Waals surface area contributed by atoms with Crippen LogP contribution in [-0.2, 0) is 0 Å². The van der Waals surface area contributed by atoms with Gasteiger partial charge < -0.3 is 11.5 Å². The molecule has 1 aliphatic carbocycles. The Morgan fingerprint density at radius 2 is 2.11 bits per heavy atom. The van der Waals surface area contributed by atoms with Crippen LogP contribution in [0.15, 0.2) is 40.9 Å². The van der Waals surface area contributed by atoms with Crippen molar-refractivity contribution in [3.05, 3.63) is 46.6 Å². The summed E-state index contributed by atoms with van der Waals surface area (Å²) in [6, 6.07) is 1.79. The molecule has 4 N–H and O–H groups in total. The van der Waals surface area contributed by atoms with E-state index in [9.17, 15) is 0 Å². The lowest BCUT2D eigenvalue weighted by Gasteiger charge is -2.04. The van der Waals surface area contributed by atoms with Gasteiger partial charge in [-0.25, -0.2) is 4.98 Å². The minimum absolute atomic E-state index is 0.377. The normalized spacial score (nSPS) is 14.7. The Hall–Kier alpha value is -2.08. The molecule has 0 radical (unpaired) electrons. The van der Waals surface area contributed by atoms with Crippen molar-refractivity contribution in [2.75, 3.05) is 11.5 Å². The fourth-order valence-corrected chi connectivity index (χ4v) is 2.26. The quantitative estimate of drug-likeness (QED) is 0.846.